The third-order valence-electron chi connectivity index (χ3n) is 3.41. The normalized spacial score (nSPS) is 11.0. The summed E-state index contributed by atoms with van der Waals surface area (Å²) in [6, 6.07) is 19.4. The summed E-state index contributed by atoms with van der Waals surface area (Å²) >= 11 is 0. The van der Waals surface area contributed by atoms with E-state index in [0.717, 1.165) is 13.1 Å². The molecule has 2 nitrogen and oxygen atoms in total. The Morgan fingerprint density at radius 2 is 1.79 bits per heavy atom. The molecule has 0 aliphatic heterocycles. The molecule has 1 N–H and O–H groups in total. The SMILES string of the molecule is CNCc1ccc2ccn(Cc3ccccc3)c2c1. The molecule has 0 unspecified atom stereocenters. The lowest BCUT2D eigenvalue weighted by Crippen LogP contribution is -2.05. The van der Waals surface area contributed by atoms with Crippen LogP contribution in [0.15, 0.2) is 60.8 Å². The Bertz CT molecular complexity index is 668. The summed E-state index contributed by atoms with van der Waals surface area (Å²) < 4.78 is 2.31. The Kier molecular flexibility index (Phi) is 3.34. The second-order valence-corrected chi connectivity index (χ2v) is 4.85. The smallest absolute Gasteiger partial charge is 0.0486 e. The van der Waals surface area contributed by atoms with Crippen LogP contribution in [0.3, 0.4) is 0 Å². The molecule has 3 rings (SSSR count). The van der Waals surface area contributed by atoms with Crippen LogP contribution < -0.4 is 5.32 Å². The first-order valence-corrected chi connectivity index (χ1v) is 6.63. The second-order valence-electron chi connectivity index (χ2n) is 4.85. The van der Waals surface area contributed by atoms with Gasteiger partial charge in [0.15, 0.2) is 0 Å². The van der Waals surface area contributed by atoms with Gasteiger partial charge in [-0.05, 0) is 35.7 Å². The third kappa shape index (κ3) is 2.54. The summed E-state index contributed by atoms with van der Waals surface area (Å²) in [5.74, 6) is 0. The molecule has 0 spiro atoms. The highest BCUT2D eigenvalue weighted by atomic mass is 14.9. The van der Waals surface area contributed by atoms with Gasteiger partial charge in [-0.1, -0.05) is 42.5 Å². The predicted molar refractivity (Wildman–Crippen MR) is 80.2 cm³/mol. The van der Waals surface area contributed by atoms with Crippen LogP contribution >= 0.6 is 0 Å². The van der Waals surface area contributed by atoms with Gasteiger partial charge in [-0.2, -0.15) is 0 Å². The summed E-state index contributed by atoms with van der Waals surface area (Å²) in [6.07, 6.45) is 2.17. The van der Waals surface area contributed by atoms with Gasteiger partial charge in [0.2, 0.25) is 0 Å². The van der Waals surface area contributed by atoms with Crippen molar-refractivity contribution < 1.29 is 0 Å². The van der Waals surface area contributed by atoms with Crippen LogP contribution in [0.2, 0.25) is 0 Å². The first-order chi connectivity index (χ1) is 9.36. The predicted octanol–water partition coefficient (Wildman–Crippen LogP) is 3.41. The van der Waals surface area contributed by atoms with Gasteiger partial charge in [0, 0.05) is 24.8 Å². The van der Waals surface area contributed by atoms with Gasteiger partial charge in [-0.25, -0.2) is 0 Å². The Balaban J connectivity index is 1.97. The number of benzene rings is 2. The molecule has 0 aliphatic carbocycles. The van der Waals surface area contributed by atoms with E-state index < -0.39 is 0 Å². The van der Waals surface area contributed by atoms with Crippen molar-refractivity contribution in [1.82, 2.24) is 9.88 Å². The zero-order valence-electron chi connectivity index (χ0n) is 11.1. The van der Waals surface area contributed by atoms with Crippen LogP contribution in [0.25, 0.3) is 10.9 Å². The Morgan fingerprint density at radius 1 is 0.947 bits per heavy atom. The number of nitrogens with zero attached hydrogens (tertiary/aromatic N) is 1. The van der Waals surface area contributed by atoms with Crippen LogP contribution in [0.1, 0.15) is 11.1 Å². The molecule has 0 radical (unpaired) electrons. The first-order valence-electron chi connectivity index (χ1n) is 6.63. The lowest BCUT2D eigenvalue weighted by atomic mass is 10.1. The van der Waals surface area contributed by atoms with E-state index in [1.807, 2.05) is 7.05 Å². The van der Waals surface area contributed by atoms with Crippen molar-refractivity contribution in [1.29, 1.82) is 0 Å². The maximum absolute atomic E-state index is 3.20. The minimum Gasteiger partial charge on any atom is -0.343 e. The summed E-state index contributed by atoms with van der Waals surface area (Å²) in [4.78, 5) is 0. The van der Waals surface area contributed by atoms with Gasteiger partial charge in [-0.15, -0.1) is 0 Å². The number of rotatable bonds is 4. The Hall–Kier alpha value is -2.06. The number of fused-ring (bicyclic) bond motifs is 1. The molecule has 0 saturated heterocycles. The zero-order chi connectivity index (χ0) is 13.1. The van der Waals surface area contributed by atoms with E-state index in [1.165, 1.54) is 22.0 Å². The quantitative estimate of drug-likeness (QED) is 0.751. The second kappa shape index (κ2) is 5.29. The van der Waals surface area contributed by atoms with Crippen LogP contribution in [-0.4, -0.2) is 11.6 Å². The number of hydrogen-bond donors (Lipinski definition) is 1. The van der Waals surface area contributed by atoms with E-state index in [-0.39, 0.29) is 0 Å². The molecular formula is C17H18N2. The molecule has 0 aliphatic rings. The van der Waals surface area contributed by atoms with Crippen molar-refractivity contribution in [3.05, 3.63) is 71.9 Å². The summed E-state index contributed by atoms with van der Waals surface area (Å²) in [5, 5.41) is 4.50. The number of hydrogen-bond acceptors (Lipinski definition) is 1. The Labute approximate surface area is 113 Å². The highest BCUT2D eigenvalue weighted by molar-refractivity contribution is 5.80. The van der Waals surface area contributed by atoms with Gasteiger partial charge in [0.1, 0.15) is 0 Å². The maximum Gasteiger partial charge on any atom is 0.0486 e. The molecule has 2 heteroatoms. The molecule has 0 bridgehead atoms. The first kappa shape index (κ1) is 12.0. The maximum atomic E-state index is 3.20. The molecule has 0 fully saturated rings. The van der Waals surface area contributed by atoms with Crippen LogP contribution in [-0.2, 0) is 13.1 Å². The van der Waals surface area contributed by atoms with E-state index in [2.05, 4.69) is 70.7 Å². The van der Waals surface area contributed by atoms with E-state index >= 15 is 0 Å². The third-order valence-corrected chi connectivity index (χ3v) is 3.41. The average molecular weight is 250 g/mol. The summed E-state index contributed by atoms with van der Waals surface area (Å²) in [5.41, 5.74) is 3.96. The van der Waals surface area contributed by atoms with Gasteiger partial charge < -0.3 is 9.88 Å². The topological polar surface area (TPSA) is 17.0 Å². The lowest BCUT2D eigenvalue weighted by molar-refractivity contribution is 0.812. The van der Waals surface area contributed by atoms with Crippen molar-refractivity contribution in [3.63, 3.8) is 0 Å². The van der Waals surface area contributed by atoms with Gasteiger partial charge in [-0.3, -0.25) is 0 Å². The van der Waals surface area contributed by atoms with Crippen molar-refractivity contribution in [2.45, 2.75) is 13.1 Å². The molecule has 1 heterocycles. The van der Waals surface area contributed by atoms with E-state index in [0.29, 0.717) is 0 Å². The summed E-state index contributed by atoms with van der Waals surface area (Å²) in [6.45, 7) is 1.83. The van der Waals surface area contributed by atoms with E-state index in [4.69, 9.17) is 0 Å². The minimum absolute atomic E-state index is 0.909. The molecule has 96 valence electrons. The van der Waals surface area contributed by atoms with Crippen LogP contribution in [0.4, 0.5) is 0 Å². The average Bonchev–Trinajstić information content (AvgIpc) is 2.83. The molecular weight excluding hydrogens is 232 g/mol. The van der Waals surface area contributed by atoms with Crippen LogP contribution in [0, 0.1) is 0 Å². The van der Waals surface area contributed by atoms with Gasteiger partial charge in [0.25, 0.3) is 0 Å². The van der Waals surface area contributed by atoms with Crippen LogP contribution in [0.5, 0.6) is 0 Å². The number of nitrogens with one attached hydrogen (secondary N) is 1. The molecule has 2 aromatic carbocycles. The van der Waals surface area contributed by atoms with E-state index in [1.54, 1.807) is 0 Å². The highest BCUT2D eigenvalue weighted by Crippen LogP contribution is 2.19. The summed E-state index contributed by atoms with van der Waals surface area (Å²) in [7, 11) is 1.98. The van der Waals surface area contributed by atoms with Crippen molar-refractivity contribution >= 4 is 10.9 Å². The molecule has 19 heavy (non-hydrogen) atoms. The Morgan fingerprint density at radius 3 is 2.58 bits per heavy atom. The molecule has 1 aromatic heterocycles. The van der Waals surface area contributed by atoms with Crippen molar-refractivity contribution in [2.24, 2.45) is 0 Å². The molecule has 0 amide bonds. The molecule has 3 aromatic rings. The monoisotopic (exact) mass is 250 g/mol. The van der Waals surface area contributed by atoms with Gasteiger partial charge >= 0.3 is 0 Å². The van der Waals surface area contributed by atoms with E-state index in [9.17, 15) is 0 Å². The number of aromatic nitrogens is 1. The van der Waals surface area contributed by atoms with Gasteiger partial charge in [0.05, 0.1) is 0 Å². The fraction of sp³-hybridized carbons (Fsp3) is 0.176. The fourth-order valence-electron chi connectivity index (χ4n) is 2.46. The van der Waals surface area contributed by atoms with Crippen molar-refractivity contribution in [2.75, 3.05) is 7.05 Å². The molecule has 0 atom stereocenters. The highest BCUT2D eigenvalue weighted by Gasteiger charge is 2.03. The minimum atomic E-state index is 0.909. The van der Waals surface area contributed by atoms with Crippen molar-refractivity contribution in [3.8, 4) is 0 Å². The molecule has 0 saturated carbocycles. The lowest BCUT2D eigenvalue weighted by Gasteiger charge is -2.07. The zero-order valence-corrected chi connectivity index (χ0v) is 11.1. The largest absolute Gasteiger partial charge is 0.343 e. The fourth-order valence-corrected chi connectivity index (χ4v) is 2.46. The standard InChI is InChI=1S/C17H18N2/c1-18-12-15-7-8-16-9-10-19(17(16)11-15)13-14-5-3-2-4-6-14/h2-11,18H,12-13H2,1H3.